The Morgan fingerprint density at radius 3 is 0.684 bits per heavy atom. The molecule has 0 aromatic carbocycles. The maximum Gasteiger partial charge on any atom is 0.312 e. The van der Waals surface area contributed by atoms with E-state index in [0.29, 0.717) is 77.0 Å². The number of esters is 12. The average molecular weight is 1360 g/mol. The van der Waals surface area contributed by atoms with Crippen LogP contribution in [0.3, 0.4) is 0 Å². The first-order valence-corrected chi connectivity index (χ1v) is 36.9. The quantitative estimate of drug-likeness (QED) is 0.0793. The predicted molar refractivity (Wildman–Crippen MR) is 324 cm³/mol. The van der Waals surface area contributed by atoms with E-state index in [1.54, 1.807) is 55.4 Å². The van der Waals surface area contributed by atoms with Crippen LogP contribution < -0.4 is 0 Å². The Kier molecular flexibility index (Phi) is 13.8. The van der Waals surface area contributed by atoms with E-state index in [2.05, 4.69) is 0 Å². The summed E-state index contributed by atoms with van der Waals surface area (Å²) >= 11 is 0. The van der Waals surface area contributed by atoms with Crippen LogP contribution in [0.15, 0.2) is 0 Å². The Morgan fingerprint density at radius 1 is 0.286 bits per heavy atom. The fourth-order valence-corrected chi connectivity index (χ4v) is 25.7. The molecule has 530 valence electrons. The van der Waals surface area contributed by atoms with Gasteiger partial charge in [0.25, 0.3) is 0 Å². The van der Waals surface area contributed by atoms with Gasteiger partial charge in [-0.2, -0.15) is 0 Å². The summed E-state index contributed by atoms with van der Waals surface area (Å²) in [5.74, 6) is -11.1. The molecule has 35 unspecified atom stereocenters. The number of hydrogen-bond donors (Lipinski definition) is 0. The number of carbonyl (C=O) groups excluding carboxylic acids is 12. The van der Waals surface area contributed by atoms with E-state index in [-0.39, 0.29) is 162 Å². The van der Waals surface area contributed by atoms with Crippen LogP contribution in [0, 0.1) is 139 Å². The third-order valence-corrected chi connectivity index (χ3v) is 29.7. The smallest absolute Gasteiger partial charge is 0.312 e. The van der Waals surface area contributed by atoms with E-state index in [0.717, 1.165) is 0 Å². The van der Waals surface area contributed by atoms with E-state index >= 15 is 28.8 Å². The molecule has 0 aromatic rings. The molecule has 18 fully saturated rings. The van der Waals surface area contributed by atoms with Crippen LogP contribution in [0.1, 0.15) is 171 Å². The van der Waals surface area contributed by atoms with Crippen molar-refractivity contribution in [1.29, 1.82) is 0 Å². The fraction of sp³-hybridized carbons (Fsp3) is 0.838. The van der Waals surface area contributed by atoms with Crippen molar-refractivity contribution in [3.05, 3.63) is 0 Å². The molecule has 18 aliphatic rings. The number of fused-ring (bicyclic) bond motifs is 6. The molecule has 6 saturated heterocycles. The zero-order valence-corrected chi connectivity index (χ0v) is 56.8. The summed E-state index contributed by atoms with van der Waals surface area (Å²) in [6.07, 6.45) is -5.17. The second kappa shape index (κ2) is 21.1. The van der Waals surface area contributed by atoms with Gasteiger partial charge in [0.1, 0.15) is 73.2 Å². The summed E-state index contributed by atoms with van der Waals surface area (Å²) in [5, 5.41) is 0. The summed E-state index contributed by atoms with van der Waals surface area (Å²) in [7, 11) is 0. The van der Waals surface area contributed by atoms with Crippen molar-refractivity contribution in [3.8, 4) is 0 Å². The lowest BCUT2D eigenvalue weighted by Crippen LogP contribution is -2.52. The maximum absolute atomic E-state index is 16.6. The molecule has 12 aliphatic carbocycles. The highest BCUT2D eigenvalue weighted by Crippen LogP contribution is 2.64. The zero-order chi connectivity index (χ0) is 68.5. The Balaban J connectivity index is 0.732. The molecule has 12 saturated carbocycles. The van der Waals surface area contributed by atoms with Crippen LogP contribution in [0.5, 0.6) is 0 Å². The number of carbonyl (C=O) groups is 12. The molecular weight excluding hydrogens is 1270 g/mol. The molecule has 0 radical (unpaired) electrons. The lowest BCUT2D eigenvalue weighted by Gasteiger charge is -2.47. The molecule has 0 amide bonds. The summed E-state index contributed by atoms with van der Waals surface area (Å²) in [5.41, 5.74) is -11.0. The minimum atomic E-state index is -2.05. The van der Waals surface area contributed by atoms with Crippen molar-refractivity contribution in [1.82, 2.24) is 0 Å². The van der Waals surface area contributed by atoms with Crippen LogP contribution in [-0.4, -0.2) is 145 Å². The van der Waals surface area contributed by atoms with Crippen molar-refractivity contribution in [2.75, 3.05) is 0 Å². The molecular formula is C74H90O24. The van der Waals surface area contributed by atoms with Crippen LogP contribution >= 0.6 is 0 Å². The van der Waals surface area contributed by atoms with E-state index < -0.39 is 161 Å². The molecule has 98 heavy (non-hydrogen) atoms. The lowest BCUT2D eigenvalue weighted by atomic mass is 9.58. The topological polar surface area (TPSA) is 316 Å². The van der Waals surface area contributed by atoms with E-state index in [4.69, 9.17) is 56.8 Å². The maximum atomic E-state index is 16.6. The van der Waals surface area contributed by atoms with Gasteiger partial charge < -0.3 is 56.8 Å². The van der Waals surface area contributed by atoms with E-state index in [9.17, 15) is 28.8 Å². The molecule has 12 bridgehead atoms. The van der Waals surface area contributed by atoms with Gasteiger partial charge in [0.2, 0.25) is 0 Å². The standard InChI is InChI=1S/C74H90O24/c1-9-70(4,64(82)94-46-28-11-34-40(17-28)58(76)88-52(34)46)23-72(6,66(84)96-48-30-13-36-42(19-30)60(78)90-54(36)48)25-74(8,68(86)98-50-32-15-38-44(21-32)62(80)92-56(38)50)26-73(7,67(85)97-49-31-14-37-43(20-31)61(79)91-55(37)49)24-71(5,65(83)95-47-29-12-35-41(18-29)59(77)89-53(35)47)22-69(2,3)63(81)93-45-27-10-33-39(16-27)57(75)87-51(33)45/h27-56H,9-26H2,1-8H3. The molecule has 18 rings (SSSR count). The molecule has 6 aliphatic heterocycles. The highest BCUT2D eigenvalue weighted by molar-refractivity contribution is 5.88. The lowest BCUT2D eigenvalue weighted by molar-refractivity contribution is -0.191. The van der Waals surface area contributed by atoms with Crippen molar-refractivity contribution >= 4 is 71.6 Å². The Labute approximate surface area is 567 Å². The second-order valence-electron chi connectivity index (χ2n) is 36.6. The predicted octanol–water partition coefficient (Wildman–Crippen LogP) is 6.36. The Hall–Kier alpha value is -6.36. The van der Waals surface area contributed by atoms with Gasteiger partial charge in [0, 0.05) is 71.0 Å². The van der Waals surface area contributed by atoms with Gasteiger partial charge in [0.15, 0.2) is 0 Å². The van der Waals surface area contributed by atoms with Gasteiger partial charge in [-0.05, 0) is 164 Å². The molecule has 0 aromatic heterocycles. The second-order valence-corrected chi connectivity index (χ2v) is 36.6. The normalized spacial score (nSPS) is 47.4. The van der Waals surface area contributed by atoms with Crippen molar-refractivity contribution in [3.63, 3.8) is 0 Å². The average Bonchev–Trinajstić information content (AvgIpc) is 1.54. The monoisotopic (exact) mass is 1360 g/mol. The zero-order valence-electron chi connectivity index (χ0n) is 56.8. The molecule has 24 heteroatoms. The minimum absolute atomic E-state index is 0.0961. The third-order valence-electron chi connectivity index (χ3n) is 29.7. The summed E-state index contributed by atoms with van der Waals surface area (Å²) in [4.78, 5) is 175. The molecule has 24 nitrogen and oxygen atoms in total. The number of rotatable bonds is 23. The van der Waals surface area contributed by atoms with Crippen LogP contribution in [0.2, 0.25) is 0 Å². The minimum Gasteiger partial charge on any atom is -0.458 e. The molecule has 0 spiro atoms. The van der Waals surface area contributed by atoms with Crippen molar-refractivity contribution in [2.45, 2.75) is 244 Å². The van der Waals surface area contributed by atoms with Gasteiger partial charge in [-0.15, -0.1) is 0 Å². The van der Waals surface area contributed by atoms with Gasteiger partial charge in [-0.25, -0.2) is 0 Å². The number of hydrogen-bond acceptors (Lipinski definition) is 24. The summed E-state index contributed by atoms with van der Waals surface area (Å²) < 4.78 is 75.4. The van der Waals surface area contributed by atoms with Gasteiger partial charge >= 0.3 is 71.6 Å². The highest BCUT2D eigenvalue weighted by atomic mass is 16.6. The first-order chi connectivity index (χ1) is 46.4. The highest BCUT2D eigenvalue weighted by Gasteiger charge is 2.72. The van der Waals surface area contributed by atoms with Crippen LogP contribution in [-0.2, 0) is 114 Å². The van der Waals surface area contributed by atoms with E-state index in [1.165, 1.54) is 0 Å². The first kappa shape index (κ1) is 63.8. The van der Waals surface area contributed by atoms with E-state index in [1.807, 2.05) is 0 Å². The summed E-state index contributed by atoms with van der Waals surface area (Å²) in [6.45, 7) is 13.1. The SMILES string of the molecule is CCC(C)(CC(C)(CC(C)(CC(C)(CC(C)(CC(C)(C)C(=O)OC1C2CC3C(=O)OC1C3C2)C(=O)OC1C2CC3C(=O)OC1C3C2)C(=O)OC1C2CC3C(=O)OC1C3C2)C(=O)OC1C2CC3C(=O)OC1C3C2)C(=O)OC1C2CC3C(=O)OC1C3C2)C(=O)OC1C2CC3C(=O)OC1C3C2. The van der Waals surface area contributed by atoms with Crippen molar-refractivity contribution in [2.24, 2.45) is 139 Å². The number of ether oxygens (including phenoxy) is 12. The van der Waals surface area contributed by atoms with Gasteiger partial charge in [-0.1, -0.05) is 6.92 Å². The summed E-state index contributed by atoms with van der Waals surface area (Å²) in [6, 6.07) is 0. The fourth-order valence-electron chi connectivity index (χ4n) is 25.7. The van der Waals surface area contributed by atoms with Gasteiger partial charge in [0.05, 0.1) is 68.0 Å². The molecule has 35 atom stereocenters. The van der Waals surface area contributed by atoms with Crippen LogP contribution in [0.4, 0.5) is 0 Å². The van der Waals surface area contributed by atoms with Crippen molar-refractivity contribution < 1.29 is 114 Å². The Bertz CT molecular complexity index is 3600. The molecule has 0 N–H and O–H groups in total. The largest absolute Gasteiger partial charge is 0.458 e. The third kappa shape index (κ3) is 9.07. The Morgan fingerprint density at radius 2 is 0.469 bits per heavy atom. The van der Waals surface area contributed by atoms with Gasteiger partial charge in [-0.3, -0.25) is 57.5 Å². The first-order valence-electron chi connectivity index (χ1n) is 36.9. The van der Waals surface area contributed by atoms with Crippen LogP contribution in [0.25, 0.3) is 0 Å². The molecule has 6 heterocycles.